The minimum atomic E-state index is 0.538. The van der Waals surface area contributed by atoms with Crippen LogP contribution in [-0.2, 0) is 0 Å². The largest absolute Gasteiger partial charge is 0.264 e. The van der Waals surface area contributed by atoms with Gasteiger partial charge in [0.1, 0.15) is 0 Å². The maximum absolute atomic E-state index is 5.12. The van der Waals surface area contributed by atoms with E-state index in [1.54, 1.807) is 24.8 Å². The molecule has 10 aromatic rings. The molecule has 0 unspecified atom stereocenters. The first-order chi connectivity index (χ1) is 29.7. The second-order valence-corrected chi connectivity index (χ2v) is 14.6. The highest BCUT2D eigenvalue weighted by atomic mass is 15.0. The predicted octanol–water partition coefficient (Wildman–Crippen LogP) is 13.7. The van der Waals surface area contributed by atoms with Crippen LogP contribution in [0, 0.1) is 0 Å². The quantitative estimate of drug-likeness (QED) is 0.146. The first-order valence-corrected chi connectivity index (χ1v) is 20.0. The van der Waals surface area contributed by atoms with Crippen LogP contribution in [0.2, 0.25) is 0 Å². The maximum Gasteiger partial charge on any atom is 0.165 e. The van der Waals surface area contributed by atoms with E-state index in [0.717, 1.165) is 61.2 Å². The molecule has 3 aromatic heterocycles. The first kappa shape index (κ1) is 36.2. The Kier molecular flexibility index (Phi) is 9.88. The van der Waals surface area contributed by atoms with Gasteiger partial charge in [0.05, 0.1) is 0 Å². The van der Waals surface area contributed by atoms with Crippen molar-refractivity contribution in [3.63, 3.8) is 0 Å². The third-order valence-corrected chi connectivity index (χ3v) is 10.7. The van der Waals surface area contributed by atoms with Gasteiger partial charge >= 0.3 is 0 Å². The number of pyridine rings is 2. The second-order valence-electron chi connectivity index (χ2n) is 14.6. The first-order valence-electron chi connectivity index (χ1n) is 20.0. The minimum Gasteiger partial charge on any atom is -0.264 e. The average Bonchev–Trinajstić information content (AvgIpc) is 3.35. The Labute approximate surface area is 349 Å². The summed E-state index contributed by atoms with van der Waals surface area (Å²) in [6.45, 7) is 0. The van der Waals surface area contributed by atoms with Gasteiger partial charge in [0.15, 0.2) is 17.5 Å². The highest BCUT2D eigenvalue weighted by Crippen LogP contribution is 2.41. The molecule has 0 saturated heterocycles. The molecule has 5 heteroatoms. The number of hydrogen-bond acceptors (Lipinski definition) is 5. The van der Waals surface area contributed by atoms with Crippen molar-refractivity contribution < 1.29 is 0 Å². The summed E-state index contributed by atoms with van der Waals surface area (Å²) >= 11 is 0. The topological polar surface area (TPSA) is 64.5 Å². The lowest BCUT2D eigenvalue weighted by Gasteiger charge is -2.17. The van der Waals surface area contributed by atoms with Crippen LogP contribution in [0.15, 0.2) is 225 Å². The van der Waals surface area contributed by atoms with Gasteiger partial charge in [-0.15, -0.1) is 0 Å². The fourth-order valence-corrected chi connectivity index (χ4v) is 7.74. The molecule has 7 aromatic carbocycles. The summed E-state index contributed by atoms with van der Waals surface area (Å²) in [5.41, 5.74) is 16.0. The van der Waals surface area contributed by atoms with Crippen molar-refractivity contribution in [1.29, 1.82) is 0 Å². The Morgan fingerprint density at radius 2 is 0.550 bits per heavy atom. The smallest absolute Gasteiger partial charge is 0.165 e. The van der Waals surface area contributed by atoms with Crippen LogP contribution in [0.4, 0.5) is 0 Å². The van der Waals surface area contributed by atoms with E-state index in [1.807, 2.05) is 24.3 Å². The fraction of sp³-hybridized carbons (Fsp3) is 0. The molecule has 10 rings (SSSR count). The Morgan fingerprint density at radius 1 is 0.217 bits per heavy atom. The van der Waals surface area contributed by atoms with Crippen molar-refractivity contribution in [3.05, 3.63) is 225 Å². The monoisotopic (exact) mass is 767 g/mol. The minimum absolute atomic E-state index is 0.538. The summed E-state index contributed by atoms with van der Waals surface area (Å²) in [5, 5.41) is 0. The van der Waals surface area contributed by atoms with Gasteiger partial charge < -0.3 is 0 Å². The van der Waals surface area contributed by atoms with Crippen LogP contribution in [0.5, 0.6) is 0 Å². The predicted molar refractivity (Wildman–Crippen MR) is 244 cm³/mol. The van der Waals surface area contributed by atoms with E-state index >= 15 is 0 Å². The molecule has 3 heterocycles. The molecule has 0 atom stereocenters. The van der Waals surface area contributed by atoms with Gasteiger partial charge in [-0.1, -0.05) is 146 Å². The SMILES string of the molecule is c1ccc(-c2ccc(-c3cc(-c4ccc(-c5ccccc5)c(-c5ccccc5)c4)cc(-c4nc(-c5cccnc5)nc(-c5cccnc5)n4)c3)cc2-c2ccccc2)cc1. The zero-order valence-corrected chi connectivity index (χ0v) is 32.6. The summed E-state index contributed by atoms with van der Waals surface area (Å²) in [6, 6.07) is 70.4. The molecule has 0 fully saturated rings. The summed E-state index contributed by atoms with van der Waals surface area (Å²) < 4.78 is 0. The van der Waals surface area contributed by atoms with E-state index in [2.05, 4.69) is 186 Å². The second kappa shape index (κ2) is 16.4. The van der Waals surface area contributed by atoms with Gasteiger partial charge in [-0.2, -0.15) is 0 Å². The molecule has 0 aliphatic heterocycles. The molecule has 0 aliphatic rings. The van der Waals surface area contributed by atoms with Gasteiger partial charge in [-0.25, -0.2) is 15.0 Å². The molecule has 0 bridgehead atoms. The normalized spacial score (nSPS) is 11.0. The van der Waals surface area contributed by atoms with Crippen molar-refractivity contribution in [1.82, 2.24) is 24.9 Å². The van der Waals surface area contributed by atoms with Crippen LogP contribution in [0.25, 0.3) is 101 Å². The van der Waals surface area contributed by atoms with Crippen molar-refractivity contribution in [2.45, 2.75) is 0 Å². The van der Waals surface area contributed by atoms with E-state index < -0.39 is 0 Å². The van der Waals surface area contributed by atoms with E-state index in [-0.39, 0.29) is 0 Å². The Morgan fingerprint density at radius 3 is 0.917 bits per heavy atom. The van der Waals surface area contributed by atoms with Crippen LogP contribution in [0.3, 0.4) is 0 Å². The zero-order chi connectivity index (χ0) is 40.1. The molecule has 0 saturated carbocycles. The number of benzene rings is 7. The van der Waals surface area contributed by atoms with Crippen molar-refractivity contribution in [2.75, 3.05) is 0 Å². The molecule has 0 radical (unpaired) electrons. The lowest BCUT2D eigenvalue weighted by atomic mass is 9.88. The van der Waals surface area contributed by atoms with Crippen molar-refractivity contribution >= 4 is 0 Å². The van der Waals surface area contributed by atoms with E-state index in [9.17, 15) is 0 Å². The summed E-state index contributed by atoms with van der Waals surface area (Å²) in [5.74, 6) is 1.63. The van der Waals surface area contributed by atoms with Crippen molar-refractivity contribution in [2.24, 2.45) is 0 Å². The summed E-state index contributed by atoms with van der Waals surface area (Å²) in [4.78, 5) is 23.9. The average molecular weight is 768 g/mol. The van der Waals surface area contributed by atoms with Crippen LogP contribution >= 0.6 is 0 Å². The molecule has 282 valence electrons. The molecular formula is C55H37N5. The molecule has 0 amide bonds. The number of rotatable bonds is 9. The molecule has 0 spiro atoms. The lowest BCUT2D eigenvalue weighted by Crippen LogP contribution is -2.01. The van der Waals surface area contributed by atoms with Crippen LogP contribution in [-0.4, -0.2) is 24.9 Å². The van der Waals surface area contributed by atoms with Gasteiger partial charge in [0, 0.05) is 41.5 Å². The standard InChI is InChI=1S/C55H37N5/c1-5-15-38(16-6-1)49-27-25-42(34-51(49)40-19-9-3-10-20-40)46-31-47(43-26-28-50(39-17-7-2-8-18-39)52(35-43)41-21-11-4-12-22-41)33-48(32-46)55-59-53(44-23-13-29-56-36-44)58-54(60-55)45-24-14-30-57-37-45/h1-37H. The molecule has 0 N–H and O–H groups in total. The van der Waals surface area contributed by atoms with Crippen LogP contribution in [0.1, 0.15) is 0 Å². The fourth-order valence-electron chi connectivity index (χ4n) is 7.74. The number of hydrogen-bond donors (Lipinski definition) is 0. The van der Waals surface area contributed by atoms with Gasteiger partial charge in [-0.3, -0.25) is 9.97 Å². The third-order valence-electron chi connectivity index (χ3n) is 10.7. The molecule has 0 aliphatic carbocycles. The van der Waals surface area contributed by atoms with Gasteiger partial charge in [-0.05, 0) is 121 Å². The molecule has 5 nitrogen and oxygen atoms in total. The Hall–Kier alpha value is -8.15. The van der Waals surface area contributed by atoms with Crippen LogP contribution < -0.4 is 0 Å². The third kappa shape index (κ3) is 7.51. The molecular weight excluding hydrogens is 731 g/mol. The highest BCUT2D eigenvalue weighted by molar-refractivity contribution is 5.91. The van der Waals surface area contributed by atoms with Crippen molar-refractivity contribution in [3.8, 4) is 101 Å². The maximum atomic E-state index is 5.12. The number of aromatic nitrogens is 5. The van der Waals surface area contributed by atoms with Gasteiger partial charge in [0.2, 0.25) is 0 Å². The van der Waals surface area contributed by atoms with E-state index in [0.29, 0.717) is 17.5 Å². The Bertz CT molecular complexity index is 2850. The summed E-state index contributed by atoms with van der Waals surface area (Å²) in [7, 11) is 0. The van der Waals surface area contributed by atoms with Gasteiger partial charge in [0.25, 0.3) is 0 Å². The van der Waals surface area contributed by atoms with E-state index in [1.165, 1.54) is 22.3 Å². The summed E-state index contributed by atoms with van der Waals surface area (Å²) in [6.07, 6.45) is 7.07. The molecule has 60 heavy (non-hydrogen) atoms. The lowest BCUT2D eigenvalue weighted by molar-refractivity contribution is 1.07. The highest BCUT2D eigenvalue weighted by Gasteiger charge is 2.18. The Balaban J connectivity index is 1.21. The zero-order valence-electron chi connectivity index (χ0n) is 32.6. The van der Waals surface area contributed by atoms with E-state index in [4.69, 9.17) is 15.0 Å². The number of nitrogens with zero attached hydrogens (tertiary/aromatic N) is 5.